The van der Waals surface area contributed by atoms with Crippen molar-refractivity contribution in [2.75, 3.05) is 33.0 Å². The molecule has 0 saturated heterocycles. The van der Waals surface area contributed by atoms with Crippen molar-refractivity contribution in [2.24, 2.45) is 0 Å². The number of likely N-dealkylation sites (N-methyl/N-ethyl adjacent to an activating group) is 1. The standard InChI is InChI=1S/C14H21N3O2/c1-16-14(18)10-3-6-13(12(15)9-10)19-8-7-17(2)11-4-5-11/h3,6,9,11H,4-5,7-8,15H2,1-2H3,(H,16,18). The number of hydrogen-bond donors (Lipinski definition) is 2. The lowest BCUT2D eigenvalue weighted by molar-refractivity contribution is 0.0963. The van der Waals surface area contributed by atoms with Crippen LogP contribution in [0.2, 0.25) is 0 Å². The molecule has 0 heterocycles. The van der Waals surface area contributed by atoms with Gasteiger partial charge in [0.2, 0.25) is 0 Å². The van der Waals surface area contributed by atoms with Crippen LogP contribution < -0.4 is 15.8 Å². The monoisotopic (exact) mass is 263 g/mol. The molecule has 5 heteroatoms. The minimum atomic E-state index is -0.147. The average Bonchev–Trinajstić information content (AvgIpc) is 3.23. The fourth-order valence-electron chi connectivity index (χ4n) is 1.96. The predicted molar refractivity (Wildman–Crippen MR) is 75.4 cm³/mol. The molecule has 0 bridgehead atoms. The molecule has 5 nitrogen and oxygen atoms in total. The Morgan fingerprint density at radius 2 is 2.26 bits per heavy atom. The SMILES string of the molecule is CNC(=O)c1ccc(OCCN(C)C2CC2)c(N)c1. The fourth-order valence-corrected chi connectivity index (χ4v) is 1.96. The summed E-state index contributed by atoms with van der Waals surface area (Å²) in [5, 5.41) is 2.56. The highest BCUT2D eigenvalue weighted by molar-refractivity contribution is 5.95. The van der Waals surface area contributed by atoms with Gasteiger partial charge in [0, 0.05) is 25.2 Å². The Balaban J connectivity index is 1.87. The van der Waals surface area contributed by atoms with Gasteiger partial charge in [-0.1, -0.05) is 0 Å². The van der Waals surface area contributed by atoms with E-state index >= 15 is 0 Å². The van der Waals surface area contributed by atoms with Gasteiger partial charge in [0.05, 0.1) is 5.69 Å². The van der Waals surface area contributed by atoms with E-state index in [0.717, 1.165) is 12.6 Å². The zero-order valence-electron chi connectivity index (χ0n) is 11.5. The van der Waals surface area contributed by atoms with Gasteiger partial charge in [0.1, 0.15) is 12.4 Å². The Hall–Kier alpha value is -1.75. The van der Waals surface area contributed by atoms with Crippen molar-refractivity contribution in [3.63, 3.8) is 0 Å². The molecule has 1 amide bonds. The second-order valence-electron chi connectivity index (χ2n) is 4.89. The van der Waals surface area contributed by atoms with Crippen LogP contribution in [0.5, 0.6) is 5.75 Å². The quantitative estimate of drug-likeness (QED) is 0.754. The molecule has 0 aliphatic heterocycles. The Bertz CT molecular complexity index is 458. The minimum absolute atomic E-state index is 0.147. The van der Waals surface area contributed by atoms with E-state index in [1.807, 2.05) is 0 Å². The number of rotatable bonds is 6. The zero-order chi connectivity index (χ0) is 13.8. The number of carbonyl (C=O) groups excluding carboxylic acids is 1. The number of nitrogens with two attached hydrogens (primary N) is 1. The zero-order valence-corrected chi connectivity index (χ0v) is 11.5. The third-order valence-electron chi connectivity index (χ3n) is 3.37. The van der Waals surface area contributed by atoms with Crippen LogP contribution in [0.3, 0.4) is 0 Å². The van der Waals surface area contributed by atoms with Crippen molar-refractivity contribution < 1.29 is 9.53 Å². The van der Waals surface area contributed by atoms with Crippen LogP contribution in [-0.4, -0.2) is 44.1 Å². The smallest absolute Gasteiger partial charge is 0.251 e. The summed E-state index contributed by atoms with van der Waals surface area (Å²) in [6.45, 7) is 1.50. The number of nitrogens with zero attached hydrogens (tertiary/aromatic N) is 1. The van der Waals surface area contributed by atoms with Crippen molar-refractivity contribution in [1.82, 2.24) is 10.2 Å². The molecular formula is C14H21N3O2. The Morgan fingerprint density at radius 1 is 1.53 bits per heavy atom. The summed E-state index contributed by atoms with van der Waals surface area (Å²) in [5.41, 5.74) is 6.92. The highest BCUT2D eigenvalue weighted by atomic mass is 16.5. The highest BCUT2D eigenvalue weighted by Gasteiger charge is 2.25. The summed E-state index contributed by atoms with van der Waals surface area (Å²) >= 11 is 0. The van der Waals surface area contributed by atoms with Crippen LogP contribution >= 0.6 is 0 Å². The number of carbonyl (C=O) groups is 1. The molecule has 0 unspecified atom stereocenters. The lowest BCUT2D eigenvalue weighted by atomic mass is 10.2. The van der Waals surface area contributed by atoms with Crippen LogP contribution in [-0.2, 0) is 0 Å². The van der Waals surface area contributed by atoms with Crippen molar-refractivity contribution in [3.05, 3.63) is 23.8 Å². The number of hydrogen-bond acceptors (Lipinski definition) is 4. The molecule has 0 spiro atoms. The van der Waals surface area contributed by atoms with Crippen molar-refractivity contribution in [2.45, 2.75) is 18.9 Å². The summed E-state index contributed by atoms with van der Waals surface area (Å²) in [5.74, 6) is 0.489. The molecule has 0 radical (unpaired) electrons. The van der Waals surface area contributed by atoms with Crippen LogP contribution in [0.25, 0.3) is 0 Å². The average molecular weight is 263 g/mol. The van der Waals surface area contributed by atoms with Gasteiger partial charge in [-0.25, -0.2) is 0 Å². The maximum Gasteiger partial charge on any atom is 0.251 e. The first kappa shape index (κ1) is 13.7. The summed E-state index contributed by atoms with van der Waals surface area (Å²) in [6, 6.07) is 5.84. The number of anilines is 1. The van der Waals surface area contributed by atoms with E-state index < -0.39 is 0 Å². The number of ether oxygens (including phenoxy) is 1. The lowest BCUT2D eigenvalue weighted by Crippen LogP contribution is -2.26. The van der Waals surface area contributed by atoms with Gasteiger partial charge in [0.25, 0.3) is 5.91 Å². The molecule has 1 aromatic rings. The van der Waals surface area contributed by atoms with E-state index in [-0.39, 0.29) is 5.91 Å². The van der Waals surface area contributed by atoms with Crippen molar-refractivity contribution >= 4 is 11.6 Å². The number of nitrogens with one attached hydrogen (secondary N) is 1. The third-order valence-corrected chi connectivity index (χ3v) is 3.37. The van der Waals surface area contributed by atoms with Gasteiger partial charge in [-0.3, -0.25) is 4.79 Å². The van der Waals surface area contributed by atoms with Crippen molar-refractivity contribution in [1.29, 1.82) is 0 Å². The molecule has 1 aliphatic carbocycles. The van der Waals surface area contributed by atoms with E-state index in [2.05, 4.69) is 17.3 Å². The van der Waals surface area contributed by atoms with Gasteiger partial charge < -0.3 is 20.7 Å². The van der Waals surface area contributed by atoms with E-state index in [1.54, 1.807) is 25.2 Å². The van der Waals surface area contributed by atoms with Crippen LogP contribution in [0.4, 0.5) is 5.69 Å². The summed E-state index contributed by atoms with van der Waals surface area (Å²) in [6.07, 6.45) is 2.58. The maximum absolute atomic E-state index is 11.4. The van der Waals surface area contributed by atoms with Crippen LogP contribution in [0.15, 0.2) is 18.2 Å². The van der Waals surface area contributed by atoms with Crippen LogP contribution in [0.1, 0.15) is 23.2 Å². The van der Waals surface area contributed by atoms with Crippen molar-refractivity contribution in [3.8, 4) is 5.75 Å². The van der Waals surface area contributed by atoms with Crippen LogP contribution in [0, 0.1) is 0 Å². The molecule has 0 aromatic heterocycles. The number of nitrogen functional groups attached to an aromatic ring is 1. The molecule has 19 heavy (non-hydrogen) atoms. The lowest BCUT2D eigenvalue weighted by Gasteiger charge is -2.16. The normalized spacial score (nSPS) is 14.5. The first-order valence-corrected chi connectivity index (χ1v) is 6.56. The van der Waals surface area contributed by atoms with Gasteiger partial charge in [-0.05, 0) is 38.1 Å². The number of benzene rings is 1. The Morgan fingerprint density at radius 3 is 2.84 bits per heavy atom. The fraction of sp³-hybridized carbons (Fsp3) is 0.500. The molecule has 1 aromatic carbocycles. The third kappa shape index (κ3) is 3.61. The molecule has 1 aliphatic rings. The second kappa shape index (κ2) is 5.93. The Labute approximate surface area is 113 Å². The largest absolute Gasteiger partial charge is 0.490 e. The molecule has 1 saturated carbocycles. The second-order valence-corrected chi connectivity index (χ2v) is 4.89. The van der Waals surface area contributed by atoms with Gasteiger partial charge in [-0.2, -0.15) is 0 Å². The van der Waals surface area contributed by atoms with E-state index in [4.69, 9.17) is 10.5 Å². The summed E-state index contributed by atoms with van der Waals surface area (Å²) < 4.78 is 5.66. The molecule has 2 rings (SSSR count). The first-order chi connectivity index (χ1) is 9.11. The van der Waals surface area contributed by atoms with E-state index in [1.165, 1.54) is 12.8 Å². The minimum Gasteiger partial charge on any atom is -0.490 e. The van der Waals surface area contributed by atoms with E-state index in [0.29, 0.717) is 23.6 Å². The summed E-state index contributed by atoms with van der Waals surface area (Å²) in [7, 11) is 3.70. The first-order valence-electron chi connectivity index (χ1n) is 6.56. The molecule has 104 valence electrons. The molecular weight excluding hydrogens is 242 g/mol. The maximum atomic E-state index is 11.4. The summed E-state index contributed by atoms with van der Waals surface area (Å²) in [4.78, 5) is 13.7. The van der Waals surface area contributed by atoms with Gasteiger partial charge in [0.15, 0.2) is 0 Å². The topological polar surface area (TPSA) is 67.6 Å². The van der Waals surface area contributed by atoms with Gasteiger partial charge >= 0.3 is 0 Å². The highest BCUT2D eigenvalue weighted by Crippen LogP contribution is 2.25. The van der Waals surface area contributed by atoms with Gasteiger partial charge in [-0.15, -0.1) is 0 Å². The Kier molecular flexibility index (Phi) is 4.27. The molecule has 0 atom stereocenters. The molecule has 1 fully saturated rings. The van der Waals surface area contributed by atoms with E-state index in [9.17, 15) is 4.79 Å². The molecule has 3 N–H and O–H groups in total. The predicted octanol–water partition coefficient (Wildman–Crippen LogP) is 1.10. The number of amides is 1.